The highest BCUT2D eigenvalue weighted by Gasteiger charge is 2.19. The average molecular weight is 307 g/mol. The quantitative estimate of drug-likeness (QED) is 0.755. The zero-order valence-corrected chi connectivity index (χ0v) is 14.0. The highest BCUT2D eigenvalue weighted by molar-refractivity contribution is 5.89. The molecule has 5 heteroatoms. The molecule has 0 aliphatic carbocycles. The molecule has 0 aliphatic rings. The van der Waals surface area contributed by atoms with Gasteiger partial charge in [0.05, 0.1) is 12.7 Å². The minimum absolute atomic E-state index is 0.0941. The molecule has 0 saturated heterocycles. The predicted octanol–water partition coefficient (Wildman–Crippen LogP) is 3.48. The van der Waals surface area contributed by atoms with E-state index in [4.69, 9.17) is 4.74 Å². The third-order valence-electron chi connectivity index (χ3n) is 3.16. The van der Waals surface area contributed by atoms with Gasteiger partial charge in [-0.05, 0) is 37.5 Å². The van der Waals surface area contributed by atoms with Crippen LogP contribution >= 0.6 is 0 Å². The van der Waals surface area contributed by atoms with E-state index in [1.54, 1.807) is 29.2 Å². The number of esters is 1. The summed E-state index contributed by atoms with van der Waals surface area (Å²) in [5, 5.41) is 0. The van der Waals surface area contributed by atoms with E-state index < -0.39 is 0 Å². The van der Waals surface area contributed by atoms with Crippen LogP contribution in [0.5, 0.6) is 0 Å². The van der Waals surface area contributed by atoms with Crippen molar-refractivity contribution < 1.29 is 19.1 Å². The van der Waals surface area contributed by atoms with Gasteiger partial charge in [0.2, 0.25) is 0 Å². The largest absolute Gasteiger partial charge is 0.465 e. The molecule has 0 aliphatic heterocycles. The second kappa shape index (κ2) is 8.41. The van der Waals surface area contributed by atoms with E-state index in [-0.39, 0.29) is 24.7 Å². The predicted molar refractivity (Wildman–Crippen MR) is 84.6 cm³/mol. The van der Waals surface area contributed by atoms with E-state index in [9.17, 15) is 9.59 Å². The Balaban J connectivity index is 2.60. The van der Waals surface area contributed by atoms with Gasteiger partial charge in [0.1, 0.15) is 6.61 Å². The maximum absolute atomic E-state index is 12.1. The number of amides is 1. The molecule has 0 N–H and O–H groups in total. The van der Waals surface area contributed by atoms with Gasteiger partial charge >= 0.3 is 12.1 Å². The van der Waals surface area contributed by atoms with Crippen LogP contribution in [0.4, 0.5) is 4.79 Å². The molecule has 0 fully saturated rings. The van der Waals surface area contributed by atoms with Crippen LogP contribution in [-0.2, 0) is 16.1 Å². The van der Waals surface area contributed by atoms with Gasteiger partial charge in [-0.1, -0.05) is 26.0 Å². The minimum Gasteiger partial charge on any atom is -0.465 e. The molecule has 0 spiro atoms. The molecule has 5 nitrogen and oxygen atoms in total. The van der Waals surface area contributed by atoms with Gasteiger partial charge in [-0.25, -0.2) is 9.59 Å². The Morgan fingerprint density at radius 2 is 1.68 bits per heavy atom. The van der Waals surface area contributed by atoms with E-state index in [0.717, 1.165) is 5.56 Å². The Morgan fingerprint density at radius 1 is 1.09 bits per heavy atom. The highest BCUT2D eigenvalue weighted by atomic mass is 16.6. The van der Waals surface area contributed by atoms with Crippen LogP contribution < -0.4 is 0 Å². The number of ether oxygens (including phenoxy) is 2. The van der Waals surface area contributed by atoms with Crippen LogP contribution in [0.15, 0.2) is 24.3 Å². The summed E-state index contributed by atoms with van der Waals surface area (Å²) in [5.41, 5.74) is 1.30. The lowest BCUT2D eigenvalue weighted by atomic mass is 10.1. The first-order valence-electron chi connectivity index (χ1n) is 7.45. The minimum atomic E-state index is -0.383. The third kappa shape index (κ3) is 5.39. The van der Waals surface area contributed by atoms with Gasteiger partial charge in [-0.15, -0.1) is 0 Å². The topological polar surface area (TPSA) is 55.8 Å². The summed E-state index contributed by atoms with van der Waals surface area (Å²) in [6.07, 6.45) is -0.319. The second-order valence-electron chi connectivity index (χ2n) is 5.88. The number of hydrogen-bond donors (Lipinski definition) is 0. The molecule has 0 unspecified atom stereocenters. The van der Waals surface area contributed by atoms with Gasteiger partial charge in [-0.3, -0.25) is 0 Å². The van der Waals surface area contributed by atoms with Crippen LogP contribution in [-0.4, -0.2) is 36.7 Å². The fourth-order valence-corrected chi connectivity index (χ4v) is 1.97. The van der Waals surface area contributed by atoms with Crippen molar-refractivity contribution in [2.24, 2.45) is 5.92 Å². The number of rotatable bonds is 6. The molecule has 1 aromatic carbocycles. The van der Waals surface area contributed by atoms with Crippen LogP contribution in [0, 0.1) is 5.92 Å². The van der Waals surface area contributed by atoms with E-state index in [2.05, 4.69) is 18.6 Å². The molecule has 0 aromatic heterocycles. The van der Waals surface area contributed by atoms with Crippen molar-refractivity contribution in [3.8, 4) is 0 Å². The fraction of sp³-hybridized carbons (Fsp3) is 0.529. The van der Waals surface area contributed by atoms with Crippen LogP contribution in [0.3, 0.4) is 0 Å². The standard InChI is InChI=1S/C17H25NO4/c1-12(2)10-18(13(3)4)17(20)22-11-14-6-8-15(9-7-14)16(19)21-5/h6-9,12-13H,10-11H2,1-5H3. The summed E-state index contributed by atoms with van der Waals surface area (Å²) >= 11 is 0. The summed E-state index contributed by atoms with van der Waals surface area (Å²) < 4.78 is 9.99. The second-order valence-corrected chi connectivity index (χ2v) is 5.88. The highest BCUT2D eigenvalue weighted by Crippen LogP contribution is 2.10. The van der Waals surface area contributed by atoms with Gasteiger partial charge in [-0.2, -0.15) is 0 Å². The van der Waals surface area contributed by atoms with E-state index in [1.807, 2.05) is 13.8 Å². The smallest absolute Gasteiger partial charge is 0.410 e. The zero-order chi connectivity index (χ0) is 16.7. The molecule has 0 saturated carbocycles. The van der Waals surface area contributed by atoms with Gasteiger partial charge in [0.15, 0.2) is 0 Å². The number of methoxy groups -OCH3 is 1. The number of nitrogens with zero attached hydrogens (tertiary/aromatic N) is 1. The molecule has 22 heavy (non-hydrogen) atoms. The Kier molecular flexibility index (Phi) is 6.89. The lowest BCUT2D eigenvalue weighted by molar-refractivity contribution is 0.0600. The fourth-order valence-electron chi connectivity index (χ4n) is 1.97. The first-order valence-corrected chi connectivity index (χ1v) is 7.45. The SMILES string of the molecule is COC(=O)c1ccc(COC(=O)N(CC(C)C)C(C)C)cc1. The average Bonchev–Trinajstić information content (AvgIpc) is 2.49. The lowest BCUT2D eigenvalue weighted by Gasteiger charge is -2.27. The van der Waals surface area contributed by atoms with Gasteiger partial charge < -0.3 is 14.4 Å². The van der Waals surface area contributed by atoms with E-state index >= 15 is 0 Å². The van der Waals surface area contributed by atoms with Crippen LogP contribution in [0.2, 0.25) is 0 Å². The van der Waals surface area contributed by atoms with Gasteiger partial charge in [0.25, 0.3) is 0 Å². The first kappa shape index (κ1) is 18.0. The van der Waals surface area contributed by atoms with Crippen LogP contribution in [0.1, 0.15) is 43.6 Å². The number of carbonyl (C=O) groups is 2. The summed E-state index contributed by atoms with van der Waals surface area (Å²) in [6.45, 7) is 8.91. The first-order chi connectivity index (χ1) is 10.3. The summed E-state index contributed by atoms with van der Waals surface area (Å²) in [5.74, 6) is 0.000695. The van der Waals surface area contributed by atoms with Crippen molar-refractivity contribution >= 4 is 12.1 Å². The normalized spacial score (nSPS) is 10.7. The number of carbonyl (C=O) groups excluding carboxylic acids is 2. The summed E-state index contributed by atoms with van der Waals surface area (Å²) in [4.78, 5) is 25.2. The Bertz CT molecular complexity index is 494. The molecule has 122 valence electrons. The molecule has 1 aromatic rings. The molecular formula is C17H25NO4. The van der Waals surface area contributed by atoms with Crippen LogP contribution in [0.25, 0.3) is 0 Å². The van der Waals surface area contributed by atoms with Gasteiger partial charge in [0, 0.05) is 12.6 Å². The molecule has 0 radical (unpaired) electrons. The van der Waals surface area contributed by atoms with Crippen molar-refractivity contribution in [3.05, 3.63) is 35.4 Å². The van der Waals surface area contributed by atoms with Crippen molar-refractivity contribution in [2.75, 3.05) is 13.7 Å². The summed E-state index contributed by atoms with van der Waals surface area (Å²) in [7, 11) is 1.34. The number of hydrogen-bond acceptors (Lipinski definition) is 4. The molecule has 1 amide bonds. The molecule has 0 atom stereocenters. The number of benzene rings is 1. The van der Waals surface area contributed by atoms with Crippen molar-refractivity contribution in [2.45, 2.75) is 40.3 Å². The lowest BCUT2D eigenvalue weighted by Crippen LogP contribution is -2.39. The molecule has 1 rings (SSSR count). The molecule has 0 heterocycles. The zero-order valence-electron chi connectivity index (χ0n) is 14.0. The van der Waals surface area contributed by atoms with Crippen molar-refractivity contribution in [1.29, 1.82) is 0 Å². The molecular weight excluding hydrogens is 282 g/mol. The monoisotopic (exact) mass is 307 g/mol. The Morgan fingerprint density at radius 3 is 2.14 bits per heavy atom. The van der Waals surface area contributed by atoms with Crippen molar-refractivity contribution in [3.63, 3.8) is 0 Å². The van der Waals surface area contributed by atoms with E-state index in [1.165, 1.54) is 7.11 Å². The Labute approximate surface area is 132 Å². The van der Waals surface area contributed by atoms with E-state index in [0.29, 0.717) is 18.0 Å². The summed E-state index contributed by atoms with van der Waals surface area (Å²) in [6, 6.07) is 6.91. The third-order valence-corrected chi connectivity index (χ3v) is 3.16. The Hall–Kier alpha value is -2.04. The maximum Gasteiger partial charge on any atom is 0.410 e. The maximum atomic E-state index is 12.1. The molecule has 0 bridgehead atoms. The van der Waals surface area contributed by atoms with Crippen molar-refractivity contribution in [1.82, 2.24) is 4.90 Å².